The fraction of sp³-hybridized carbons (Fsp3) is 0.312. The minimum atomic E-state index is -0.617. The molecule has 1 atom stereocenters. The van der Waals surface area contributed by atoms with E-state index in [9.17, 15) is 9.59 Å². The number of carbonyl (C=O) groups excluding carboxylic acids is 2. The molecule has 122 valence electrons. The van der Waals surface area contributed by atoms with Crippen LogP contribution in [0.3, 0.4) is 0 Å². The smallest absolute Gasteiger partial charge is 0.316 e. The van der Waals surface area contributed by atoms with Gasteiger partial charge in [-0.25, -0.2) is 9.78 Å². The third-order valence-electron chi connectivity index (χ3n) is 3.39. The number of nitrogens with one attached hydrogen (secondary N) is 2. The first-order chi connectivity index (χ1) is 10.9. The summed E-state index contributed by atoms with van der Waals surface area (Å²) < 4.78 is 0. The first kappa shape index (κ1) is 17.0. The van der Waals surface area contributed by atoms with Crippen molar-refractivity contribution < 1.29 is 9.59 Å². The van der Waals surface area contributed by atoms with Crippen LogP contribution in [-0.2, 0) is 4.79 Å². The van der Waals surface area contributed by atoms with Crippen LogP contribution in [0.4, 0.5) is 15.6 Å². The number of primary amides is 1. The number of nitrogens with two attached hydrogens (primary N) is 1. The van der Waals surface area contributed by atoms with Crippen LogP contribution in [0.1, 0.15) is 43.0 Å². The summed E-state index contributed by atoms with van der Waals surface area (Å²) in [5.74, 6) is -0.0600. The van der Waals surface area contributed by atoms with E-state index in [2.05, 4.69) is 29.5 Å². The molecule has 3 amide bonds. The van der Waals surface area contributed by atoms with Gasteiger partial charge in [-0.1, -0.05) is 26.0 Å². The van der Waals surface area contributed by atoms with Crippen molar-refractivity contribution in [3.8, 4) is 0 Å². The van der Waals surface area contributed by atoms with Gasteiger partial charge in [0.1, 0.15) is 0 Å². The number of benzene rings is 1. The molecule has 0 saturated carbocycles. The lowest BCUT2D eigenvalue weighted by Crippen LogP contribution is -2.20. The molecule has 0 radical (unpaired) electrons. The normalized spacial score (nSPS) is 12.0. The minimum Gasteiger partial charge on any atom is -0.351 e. The molecule has 1 aromatic heterocycles. The lowest BCUT2D eigenvalue weighted by Gasteiger charge is -2.12. The summed E-state index contributed by atoms with van der Waals surface area (Å²) in [5.41, 5.74) is 6.50. The average Bonchev–Trinajstić information content (AvgIpc) is 2.95. The highest BCUT2D eigenvalue weighted by molar-refractivity contribution is 7.15. The summed E-state index contributed by atoms with van der Waals surface area (Å²) in [5, 5.41) is 5.93. The van der Waals surface area contributed by atoms with Crippen molar-refractivity contribution in [2.45, 2.75) is 32.6 Å². The van der Waals surface area contributed by atoms with E-state index in [0.29, 0.717) is 16.7 Å². The molecule has 0 aliphatic carbocycles. The van der Waals surface area contributed by atoms with E-state index in [1.165, 1.54) is 11.3 Å². The molecule has 2 rings (SSSR count). The number of nitrogens with zero attached hydrogens (tertiary/aromatic N) is 1. The lowest BCUT2D eigenvalue weighted by atomic mass is 10.0. The molecule has 6 nitrogen and oxygen atoms in total. The SMILES string of the molecule is CC(C)c1cnc(NC(=O)[C@@H](C)c2ccc(NC(N)=O)cc2)s1. The predicted molar refractivity (Wildman–Crippen MR) is 92.9 cm³/mol. The Morgan fingerprint density at radius 1 is 1.13 bits per heavy atom. The van der Waals surface area contributed by atoms with E-state index in [-0.39, 0.29) is 11.8 Å². The second kappa shape index (κ2) is 7.23. The third-order valence-corrected chi connectivity index (χ3v) is 4.61. The molecule has 0 bridgehead atoms. The quantitative estimate of drug-likeness (QED) is 0.781. The van der Waals surface area contributed by atoms with E-state index in [1.807, 2.05) is 6.92 Å². The monoisotopic (exact) mass is 332 g/mol. The summed E-state index contributed by atoms with van der Waals surface area (Å²) in [6.07, 6.45) is 1.79. The van der Waals surface area contributed by atoms with Crippen molar-refractivity contribution >= 4 is 34.1 Å². The second-order valence-corrected chi connectivity index (χ2v) is 6.61. The largest absolute Gasteiger partial charge is 0.351 e. The highest BCUT2D eigenvalue weighted by Gasteiger charge is 2.17. The molecular formula is C16H20N4O2S. The number of amides is 3. The van der Waals surface area contributed by atoms with Gasteiger partial charge in [0.05, 0.1) is 5.92 Å². The summed E-state index contributed by atoms with van der Waals surface area (Å²) >= 11 is 1.49. The number of thiazole rings is 1. The molecule has 0 aliphatic heterocycles. The number of aromatic nitrogens is 1. The fourth-order valence-electron chi connectivity index (χ4n) is 1.97. The van der Waals surface area contributed by atoms with Gasteiger partial charge < -0.3 is 16.4 Å². The Hall–Kier alpha value is -2.41. The number of hydrogen-bond donors (Lipinski definition) is 3. The highest BCUT2D eigenvalue weighted by Crippen LogP contribution is 2.26. The van der Waals surface area contributed by atoms with Crippen LogP contribution in [-0.4, -0.2) is 16.9 Å². The zero-order valence-corrected chi connectivity index (χ0v) is 14.1. The summed E-state index contributed by atoms with van der Waals surface area (Å²) in [7, 11) is 0. The Labute approximate surface area is 139 Å². The van der Waals surface area contributed by atoms with Crippen LogP contribution in [0.15, 0.2) is 30.5 Å². The molecule has 2 aromatic rings. The molecular weight excluding hydrogens is 312 g/mol. The third kappa shape index (κ3) is 4.53. The van der Waals surface area contributed by atoms with Crippen LogP contribution < -0.4 is 16.4 Å². The first-order valence-electron chi connectivity index (χ1n) is 7.30. The molecule has 1 aromatic carbocycles. The van der Waals surface area contributed by atoms with Crippen molar-refractivity contribution in [2.75, 3.05) is 10.6 Å². The van der Waals surface area contributed by atoms with E-state index in [1.54, 1.807) is 30.5 Å². The molecule has 23 heavy (non-hydrogen) atoms. The van der Waals surface area contributed by atoms with Gasteiger partial charge in [-0.2, -0.15) is 0 Å². The van der Waals surface area contributed by atoms with Crippen molar-refractivity contribution in [2.24, 2.45) is 5.73 Å². The average molecular weight is 332 g/mol. The van der Waals surface area contributed by atoms with Crippen LogP contribution in [0, 0.1) is 0 Å². The van der Waals surface area contributed by atoms with Crippen molar-refractivity contribution in [3.63, 3.8) is 0 Å². The standard InChI is InChI=1S/C16H20N4O2S/c1-9(2)13-8-18-16(23-13)20-14(21)10(3)11-4-6-12(7-5-11)19-15(17)22/h4-10H,1-3H3,(H3,17,19,22)(H,18,20,21)/t10-/m0/s1. The Morgan fingerprint density at radius 3 is 2.30 bits per heavy atom. The number of hydrogen-bond acceptors (Lipinski definition) is 4. The number of urea groups is 1. The summed E-state index contributed by atoms with van der Waals surface area (Å²) in [6.45, 7) is 6.00. The number of rotatable bonds is 5. The van der Waals surface area contributed by atoms with Crippen molar-refractivity contribution in [1.82, 2.24) is 4.98 Å². The Morgan fingerprint density at radius 2 is 1.78 bits per heavy atom. The maximum absolute atomic E-state index is 12.3. The van der Waals surface area contributed by atoms with Gasteiger partial charge in [-0.3, -0.25) is 4.79 Å². The Kier molecular flexibility index (Phi) is 5.33. The molecule has 1 heterocycles. The van der Waals surface area contributed by atoms with Gasteiger partial charge in [0, 0.05) is 16.8 Å². The van der Waals surface area contributed by atoms with Gasteiger partial charge >= 0.3 is 6.03 Å². The molecule has 0 unspecified atom stereocenters. The van der Waals surface area contributed by atoms with Gasteiger partial charge in [-0.15, -0.1) is 11.3 Å². The summed E-state index contributed by atoms with van der Waals surface area (Å²) in [4.78, 5) is 28.5. The zero-order valence-electron chi connectivity index (χ0n) is 13.3. The van der Waals surface area contributed by atoms with Crippen LogP contribution >= 0.6 is 11.3 Å². The maximum atomic E-state index is 12.3. The first-order valence-corrected chi connectivity index (χ1v) is 8.11. The van der Waals surface area contributed by atoms with Gasteiger partial charge in [0.15, 0.2) is 5.13 Å². The van der Waals surface area contributed by atoms with Crippen molar-refractivity contribution in [1.29, 1.82) is 0 Å². The maximum Gasteiger partial charge on any atom is 0.316 e. The van der Waals surface area contributed by atoms with E-state index in [4.69, 9.17) is 5.73 Å². The van der Waals surface area contributed by atoms with E-state index >= 15 is 0 Å². The molecule has 0 saturated heterocycles. The van der Waals surface area contributed by atoms with E-state index < -0.39 is 6.03 Å². The molecule has 4 N–H and O–H groups in total. The zero-order chi connectivity index (χ0) is 17.0. The highest BCUT2D eigenvalue weighted by atomic mass is 32.1. The van der Waals surface area contributed by atoms with Crippen LogP contribution in [0.2, 0.25) is 0 Å². The number of carbonyl (C=O) groups is 2. The van der Waals surface area contributed by atoms with Crippen LogP contribution in [0.5, 0.6) is 0 Å². The van der Waals surface area contributed by atoms with E-state index in [0.717, 1.165) is 10.4 Å². The molecule has 0 fully saturated rings. The van der Waals surface area contributed by atoms with Crippen LogP contribution in [0.25, 0.3) is 0 Å². The lowest BCUT2D eigenvalue weighted by molar-refractivity contribution is -0.117. The minimum absolute atomic E-state index is 0.120. The van der Waals surface area contributed by atoms with Gasteiger partial charge in [0.25, 0.3) is 0 Å². The molecule has 0 spiro atoms. The van der Waals surface area contributed by atoms with Gasteiger partial charge in [-0.05, 0) is 30.5 Å². The fourth-order valence-corrected chi connectivity index (χ4v) is 2.80. The van der Waals surface area contributed by atoms with Crippen molar-refractivity contribution in [3.05, 3.63) is 40.9 Å². The molecule has 0 aliphatic rings. The topological polar surface area (TPSA) is 97.1 Å². The Bertz CT molecular complexity index is 694. The van der Waals surface area contributed by atoms with Gasteiger partial charge in [0.2, 0.25) is 5.91 Å². The Balaban J connectivity index is 2.02. The molecule has 7 heteroatoms. The summed E-state index contributed by atoms with van der Waals surface area (Å²) in [6, 6.07) is 6.38. The predicted octanol–water partition coefficient (Wildman–Crippen LogP) is 3.50. The second-order valence-electron chi connectivity index (χ2n) is 5.54. The number of anilines is 2.